The van der Waals surface area contributed by atoms with Gasteiger partial charge in [0.05, 0.1) is 0 Å². The van der Waals surface area contributed by atoms with Gasteiger partial charge in [0, 0.05) is 36.5 Å². The quantitative estimate of drug-likeness (QED) is 0.718. The van der Waals surface area contributed by atoms with E-state index in [-0.39, 0.29) is 30.3 Å². The van der Waals surface area contributed by atoms with Gasteiger partial charge >= 0.3 is 0 Å². The maximum atomic E-state index is 12.7. The van der Waals surface area contributed by atoms with Gasteiger partial charge < -0.3 is 11.1 Å². The van der Waals surface area contributed by atoms with Gasteiger partial charge in [-0.05, 0) is 50.7 Å². The fourth-order valence-electron chi connectivity index (χ4n) is 3.78. The first-order valence-corrected chi connectivity index (χ1v) is 11.8. The third-order valence-corrected chi connectivity index (χ3v) is 8.81. The van der Waals surface area contributed by atoms with E-state index in [0.717, 1.165) is 49.8 Å². The summed E-state index contributed by atoms with van der Waals surface area (Å²) in [6.45, 7) is 1.78. The Bertz CT molecular complexity index is 717. The van der Waals surface area contributed by atoms with Crippen LogP contribution in [0.5, 0.6) is 0 Å². The van der Waals surface area contributed by atoms with Crippen LogP contribution in [-0.4, -0.2) is 44.3 Å². The lowest BCUT2D eigenvalue weighted by atomic mass is 9.85. The van der Waals surface area contributed by atoms with Crippen LogP contribution in [0.25, 0.3) is 0 Å². The monoisotopic (exact) mass is 435 g/mol. The lowest BCUT2D eigenvalue weighted by Crippen LogP contribution is -2.38. The SMILES string of the molecule is Cl.NC1CCCC(C(=O)NCCc2ccc(S(=O)(=O)N3CCCCC3)s2)C1. The second kappa shape index (κ2) is 10.2. The number of sulfonamides is 1. The summed E-state index contributed by atoms with van der Waals surface area (Å²) in [5.74, 6) is 0.106. The van der Waals surface area contributed by atoms with Crippen LogP contribution in [0.3, 0.4) is 0 Å². The third-order valence-electron chi connectivity index (χ3n) is 5.30. The normalized spacial score (nSPS) is 24.2. The minimum absolute atomic E-state index is 0. The molecule has 154 valence electrons. The molecular weight excluding hydrogens is 406 g/mol. The predicted molar refractivity (Wildman–Crippen MR) is 111 cm³/mol. The van der Waals surface area contributed by atoms with Gasteiger partial charge in [-0.25, -0.2) is 8.42 Å². The molecule has 6 nitrogen and oxygen atoms in total. The first-order valence-electron chi connectivity index (χ1n) is 9.59. The number of hydrogen-bond donors (Lipinski definition) is 2. The minimum atomic E-state index is -3.36. The van der Waals surface area contributed by atoms with E-state index in [4.69, 9.17) is 5.73 Å². The zero-order chi connectivity index (χ0) is 18.6. The number of halogens is 1. The minimum Gasteiger partial charge on any atom is -0.356 e. The maximum absolute atomic E-state index is 12.7. The number of hydrogen-bond acceptors (Lipinski definition) is 5. The zero-order valence-corrected chi connectivity index (χ0v) is 18.0. The molecule has 2 heterocycles. The number of nitrogens with one attached hydrogen (secondary N) is 1. The van der Waals surface area contributed by atoms with E-state index >= 15 is 0 Å². The van der Waals surface area contributed by atoms with Crippen LogP contribution >= 0.6 is 23.7 Å². The lowest BCUT2D eigenvalue weighted by molar-refractivity contribution is -0.126. The average Bonchev–Trinajstić information content (AvgIpc) is 3.12. The standard InChI is InChI=1S/C18H29N3O3S2.ClH/c19-15-6-4-5-14(13-15)18(22)20-10-9-16-7-8-17(25-16)26(23,24)21-11-2-1-3-12-21;/h7-8,14-15H,1-6,9-13,19H2,(H,20,22);1H. The molecule has 1 aliphatic carbocycles. The molecule has 1 aromatic rings. The van der Waals surface area contributed by atoms with Gasteiger partial charge in [0.1, 0.15) is 4.21 Å². The summed E-state index contributed by atoms with van der Waals surface area (Å²) in [5.41, 5.74) is 5.95. The van der Waals surface area contributed by atoms with Crippen molar-refractivity contribution >= 4 is 39.7 Å². The zero-order valence-electron chi connectivity index (χ0n) is 15.6. The molecule has 3 rings (SSSR count). The van der Waals surface area contributed by atoms with Gasteiger partial charge in [-0.2, -0.15) is 4.31 Å². The molecule has 2 atom stereocenters. The van der Waals surface area contributed by atoms with E-state index in [1.165, 1.54) is 11.3 Å². The van der Waals surface area contributed by atoms with E-state index in [1.54, 1.807) is 10.4 Å². The Morgan fingerprint density at radius 3 is 2.63 bits per heavy atom. The number of carbonyl (C=O) groups excluding carboxylic acids is 1. The first kappa shape index (κ1) is 22.6. The molecule has 9 heteroatoms. The van der Waals surface area contributed by atoms with E-state index in [9.17, 15) is 13.2 Å². The smallest absolute Gasteiger partial charge is 0.252 e. The van der Waals surface area contributed by atoms with Crippen molar-refractivity contribution in [2.45, 2.75) is 61.6 Å². The highest BCUT2D eigenvalue weighted by Crippen LogP contribution is 2.27. The van der Waals surface area contributed by atoms with Gasteiger partial charge in [0.15, 0.2) is 0 Å². The molecule has 1 aliphatic heterocycles. The molecule has 3 N–H and O–H groups in total. The fraction of sp³-hybridized carbons (Fsp3) is 0.722. The number of rotatable bonds is 6. The van der Waals surface area contributed by atoms with Crippen LogP contribution in [0, 0.1) is 5.92 Å². The van der Waals surface area contributed by atoms with Crippen molar-refractivity contribution < 1.29 is 13.2 Å². The molecular formula is C18H30ClN3O3S2. The molecule has 0 aromatic carbocycles. The van der Waals surface area contributed by atoms with Crippen molar-refractivity contribution in [1.29, 1.82) is 0 Å². The van der Waals surface area contributed by atoms with E-state index in [1.807, 2.05) is 6.07 Å². The predicted octanol–water partition coefficient (Wildman–Crippen LogP) is 2.52. The summed E-state index contributed by atoms with van der Waals surface area (Å²) in [6.07, 6.45) is 7.34. The molecule has 1 saturated carbocycles. The largest absolute Gasteiger partial charge is 0.356 e. The highest BCUT2D eigenvalue weighted by molar-refractivity contribution is 7.91. The Balaban J connectivity index is 0.00000261. The van der Waals surface area contributed by atoms with Crippen molar-refractivity contribution in [3.63, 3.8) is 0 Å². The molecule has 0 spiro atoms. The molecule has 0 bridgehead atoms. The summed E-state index contributed by atoms with van der Waals surface area (Å²) < 4.78 is 27.4. The van der Waals surface area contributed by atoms with Crippen molar-refractivity contribution in [3.05, 3.63) is 17.0 Å². The Morgan fingerprint density at radius 2 is 1.93 bits per heavy atom. The molecule has 0 radical (unpaired) electrons. The van der Waals surface area contributed by atoms with E-state index in [0.29, 0.717) is 30.3 Å². The fourth-order valence-corrected chi connectivity index (χ4v) is 6.81. The van der Waals surface area contributed by atoms with Crippen LogP contribution in [0.4, 0.5) is 0 Å². The second-order valence-corrected chi connectivity index (χ2v) is 10.7. The second-order valence-electron chi connectivity index (χ2n) is 7.35. The molecule has 2 aliphatic rings. The van der Waals surface area contributed by atoms with Crippen LogP contribution in [0.1, 0.15) is 49.8 Å². The summed E-state index contributed by atoms with van der Waals surface area (Å²) >= 11 is 1.32. The Labute approximate surface area is 172 Å². The van der Waals surface area contributed by atoms with E-state index < -0.39 is 10.0 Å². The summed E-state index contributed by atoms with van der Waals surface area (Å²) in [7, 11) is -3.36. The van der Waals surface area contributed by atoms with Crippen LogP contribution in [0.15, 0.2) is 16.3 Å². The summed E-state index contributed by atoms with van der Waals surface area (Å²) in [4.78, 5) is 13.2. The number of thiophene rings is 1. The number of amides is 1. The Hall–Kier alpha value is -0.670. The van der Waals surface area contributed by atoms with Crippen molar-refractivity contribution in [3.8, 4) is 0 Å². The Morgan fingerprint density at radius 1 is 1.19 bits per heavy atom. The maximum Gasteiger partial charge on any atom is 0.252 e. The average molecular weight is 436 g/mol. The number of carbonyl (C=O) groups is 1. The number of nitrogens with zero attached hydrogens (tertiary/aromatic N) is 1. The summed E-state index contributed by atoms with van der Waals surface area (Å²) in [6, 6.07) is 3.70. The molecule has 1 saturated heterocycles. The molecule has 2 unspecified atom stereocenters. The Kier molecular flexibility index (Phi) is 8.55. The van der Waals surface area contributed by atoms with Crippen LogP contribution < -0.4 is 11.1 Å². The van der Waals surface area contributed by atoms with Gasteiger partial charge in [-0.1, -0.05) is 12.8 Å². The third kappa shape index (κ3) is 5.90. The molecule has 27 heavy (non-hydrogen) atoms. The van der Waals surface area contributed by atoms with Crippen molar-refractivity contribution in [2.75, 3.05) is 19.6 Å². The topological polar surface area (TPSA) is 92.5 Å². The van der Waals surface area contributed by atoms with E-state index in [2.05, 4.69) is 5.32 Å². The van der Waals surface area contributed by atoms with Gasteiger partial charge in [-0.3, -0.25) is 4.79 Å². The van der Waals surface area contributed by atoms with Gasteiger partial charge in [-0.15, -0.1) is 23.7 Å². The lowest BCUT2D eigenvalue weighted by Gasteiger charge is -2.25. The number of nitrogens with two attached hydrogens (primary N) is 1. The molecule has 1 amide bonds. The van der Waals surface area contributed by atoms with Crippen molar-refractivity contribution in [1.82, 2.24) is 9.62 Å². The first-order chi connectivity index (χ1) is 12.5. The van der Waals surface area contributed by atoms with Crippen molar-refractivity contribution in [2.24, 2.45) is 11.7 Å². The highest BCUT2D eigenvalue weighted by Gasteiger charge is 2.27. The highest BCUT2D eigenvalue weighted by atomic mass is 35.5. The van der Waals surface area contributed by atoms with Crippen LogP contribution in [-0.2, 0) is 21.2 Å². The molecule has 2 fully saturated rings. The number of piperidine rings is 1. The van der Waals surface area contributed by atoms with Gasteiger partial charge in [0.25, 0.3) is 10.0 Å². The molecule has 1 aromatic heterocycles. The van der Waals surface area contributed by atoms with Crippen LogP contribution in [0.2, 0.25) is 0 Å². The van der Waals surface area contributed by atoms with Gasteiger partial charge in [0.2, 0.25) is 5.91 Å². The summed E-state index contributed by atoms with van der Waals surface area (Å²) in [5, 5.41) is 2.99.